The Kier molecular flexibility index (Phi) is 5.95. The Bertz CT molecular complexity index is 1230. The minimum atomic E-state index is -0.342. The minimum absolute atomic E-state index is 0.000703. The van der Waals surface area contributed by atoms with Gasteiger partial charge in [-0.1, -0.05) is 0 Å². The van der Waals surface area contributed by atoms with Gasteiger partial charge < -0.3 is 20.1 Å². The third-order valence-corrected chi connectivity index (χ3v) is 6.69. The highest BCUT2D eigenvalue weighted by molar-refractivity contribution is 6.09. The topological polar surface area (TPSA) is 109 Å². The van der Waals surface area contributed by atoms with E-state index in [0.717, 1.165) is 31.2 Å². The maximum atomic E-state index is 13.3. The average Bonchev–Trinajstić information content (AvgIpc) is 3.40. The van der Waals surface area contributed by atoms with Gasteiger partial charge in [-0.25, -0.2) is 9.50 Å². The molecule has 1 aromatic carbocycles. The molecule has 9 heteroatoms. The zero-order valence-electron chi connectivity index (χ0n) is 19.4. The van der Waals surface area contributed by atoms with Crippen molar-refractivity contribution in [2.45, 2.75) is 58.2 Å². The van der Waals surface area contributed by atoms with E-state index in [1.165, 1.54) is 6.20 Å². The highest BCUT2D eigenvalue weighted by Crippen LogP contribution is 2.38. The van der Waals surface area contributed by atoms with Crippen molar-refractivity contribution < 1.29 is 19.4 Å². The summed E-state index contributed by atoms with van der Waals surface area (Å²) in [6, 6.07) is 5.51. The van der Waals surface area contributed by atoms with E-state index in [0.29, 0.717) is 40.7 Å². The molecular formula is C25H29N5O4. The summed E-state index contributed by atoms with van der Waals surface area (Å²) in [5, 5.41) is 16.6. The monoisotopic (exact) mass is 463 g/mol. The van der Waals surface area contributed by atoms with Gasteiger partial charge in [-0.3, -0.25) is 9.59 Å². The Hall–Kier alpha value is -3.46. The van der Waals surface area contributed by atoms with Crippen LogP contribution in [0.15, 0.2) is 36.8 Å². The number of amides is 2. The predicted octanol–water partition coefficient (Wildman–Crippen LogP) is 3.28. The molecule has 0 saturated heterocycles. The number of carbonyl (C=O) groups is 2. The third-order valence-electron chi connectivity index (χ3n) is 6.69. The Morgan fingerprint density at radius 2 is 2.06 bits per heavy atom. The second-order valence-electron chi connectivity index (χ2n) is 9.36. The first-order valence-corrected chi connectivity index (χ1v) is 11.8. The van der Waals surface area contributed by atoms with Crippen molar-refractivity contribution >= 4 is 23.1 Å². The smallest absolute Gasteiger partial charge is 0.261 e. The number of carbonyl (C=O) groups excluding carboxylic acids is 2. The van der Waals surface area contributed by atoms with Gasteiger partial charge >= 0.3 is 0 Å². The van der Waals surface area contributed by atoms with Crippen LogP contribution in [0.5, 0.6) is 5.75 Å². The number of nitrogens with one attached hydrogen (secondary N) is 1. The summed E-state index contributed by atoms with van der Waals surface area (Å²) in [4.78, 5) is 32.6. The van der Waals surface area contributed by atoms with Gasteiger partial charge in [-0.2, -0.15) is 5.10 Å². The Morgan fingerprint density at radius 3 is 2.79 bits per heavy atom. The fourth-order valence-corrected chi connectivity index (χ4v) is 4.92. The molecule has 9 nitrogen and oxygen atoms in total. The molecule has 3 heterocycles. The highest BCUT2D eigenvalue weighted by atomic mass is 16.5. The van der Waals surface area contributed by atoms with E-state index in [9.17, 15) is 14.7 Å². The van der Waals surface area contributed by atoms with E-state index in [2.05, 4.69) is 15.4 Å². The lowest BCUT2D eigenvalue weighted by Gasteiger charge is -2.34. The Labute approximate surface area is 197 Å². The van der Waals surface area contributed by atoms with Gasteiger partial charge in [-0.05, 0) is 69.2 Å². The second kappa shape index (κ2) is 9.06. The van der Waals surface area contributed by atoms with Crippen molar-refractivity contribution in [2.75, 3.05) is 11.9 Å². The summed E-state index contributed by atoms with van der Waals surface area (Å²) in [5.74, 6) is 0.454. The van der Waals surface area contributed by atoms with Crippen LogP contribution in [-0.2, 0) is 6.54 Å². The second-order valence-corrected chi connectivity index (χ2v) is 9.36. The number of fused-ring (bicyclic) bond motifs is 2. The highest BCUT2D eigenvalue weighted by Gasteiger charge is 2.36. The van der Waals surface area contributed by atoms with Crippen LogP contribution in [-0.4, -0.2) is 55.2 Å². The largest absolute Gasteiger partial charge is 0.489 e. The molecular weight excluding hydrogens is 434 g/mol. The zero-order chi connectivity index (χ0) is 23.8. The van der Waals surface area contributed by atoms with E-state index >= 15 is 0 Å². The average molecular weight is 464 g/mol. The molecule has 2 aromatic heterocycles. The number of rotatable bonds is 6. The van der Waals surface area contributed by atoms with Crippen molar-refractivity contribution in [3.05, 3.63) is 53.5 Å². The molecule has 1 aliphatic carbocycles. The SMILES string of the molecule is CC(C)Oc1cc2c(cc1NC(=O)c1cnn3cccnc13)CN(C1CCC(CO)CC1)C2=O. The Morgan fingerprint density at radius 1 is 1.26 bits per heavy atom. The minimum Gasteiger partial charge on any atom is -0.489 e. The molecule has 34 heavy (non-hydrogen) atoms. The first kappa shape index (κ1) is 22.3. The van der Waals surface area contributed by atoms with Crippen molar-refractivity contribution in [1.29, 1.82) is 0 Å². The fraction of sp³-hybridized carbons (Fsp3) is 0.440. The van der Waals surface area contributed by atoms with Crippen LogP contribution in [0.25, 0.3) is 5.65 Å². The summed E-state index contributed by atoms with van der Waals surface area (Å²) >= 11 is 0. The van der Waals surface area contributed by atoms with Gasteiger partial charge in [0.1, 0.15) is 11.3 Å². The van der Waals surface area contributed by atoms with Crippen LogP contribution in [0.1, 0.15) is 65.8 Å². The van der Waals surface area contributed by atoms with Crippen molar-refractivity contribution in [1.82, 2.24) is 19.5 Å². The summed E-state index contributed by atoms with van der Waals surface area (Å²) in [6.45, 7) is 4.53. The summed E-state index contributed by atoms with van der Waals surface area (Å²) in [5.41, 5.74) is 2.84. The Balaban J connectivity index is 1.42. The van der Waals surface area contributed by atoms with Crippen LogP contribution in [0, 0.1) is 5.92 Å². The predicted molar refractivity (Wildman–Crippen MR) is 126 cm³/mol. The molecule has 5 rings (SSSR count). The number of ether oxygens (including phenoxy) is 1. The standard InChI is InChI=1S/C25H29N5O4/c1-15(2)34-22-11-19-17(13-29(25(19)33)18-6-4-16(14-31)5-7-18)10-21(22)28-24(32)20-12-27-30-9-3-8-26-23(20)30/h3,8-12,15-16,18,31H,4-7,13-14H2,1-2H3,(H,28,32). The molecule has 2 aliphatic rings. The molecule has 0 spiro atoms. The molecule has 1 aliphatic heterocycles. The van der Waals surface area contributed by atoms with Crippen molar-refractivity contribution in [2.24, 2.45) is 5.92 Å². The van der Waals surface area contributed by atoms with Gasteiger partial charge in [0.25, 0.3) is 11.8 Å². The number of anilines is 1. The lowest BCUT2D eigenvalue weighted by atomic mass is 9.86. The molecule has 0 atom stereocenters. The molecule has 2 amide bonds. The number of hydrogen-bond acceptors (Lipinski definition) is 6. The first-order valence-electron chi connectivity index (χ1n) is 11.8. The molecule has 1 fully saturated rings. The molecule has 2 N–H and O–H groups in total. The quantitative estimate of drug-likeness (QED) is 0.581. The molecule has 3 aromatic rings. The van der Waals surface area contributed by atoms with E-state index in [-0.39, 0.29) is 30.6 Å². The molecule has 0 bridgehead atoms. The number of aromatic nitrogens is 3. The lowest BCUT2D eigenvalue weighted by molar-refractivity contribution is 0.0609. The summed E-state index contributed by atoms with van der Waals surface area (Å²) < 4.78 is 7.53. The number of hydrogen-bond donors (Lipinski definition) is 2. The van der Waals surface area contributed by atoms with Crippen LogP contribution >= 0.6 is 0 Å². The first-order chi connectivity index (χ1) is 16.4. The van der Waals surface area contributed by atoms with E-state index in [1.807, 2.05) is 24.8 Å². The van der Waals surface area contributed by atoms with Crippen molar-refractivity contribution in [3.8, 4) is 5.75 Å². The lowest BCUT2D eigenvalue weighted by Crippen LogP contribution is -2.38. The summed E-state index contributed by atoms with van der Waals surface area (Å²) in [7, 11) is 0. The third kappa shape index (κ3) is 4.11. The van der Waals surface area contributed by atoms with E-state index in [1.54, 1.807) is 29.0 Å². The van der Waals surface area contributed by atoms with Gasteiger partial charge in [0.05, 0.1) is 18.0 Å². The van der Waals surface area contributed by atoms with Gasteiger partial charge in [0.15, 0.2) is 5.65 Å². The number of aliphatic hydroxyl groups is 1. The van der Waals surface area contributed by atoms with Gasteiger partial charge in [-0.15, -0.1) is 0 Å². The van der Waals surface area contributed by atoms with Crippen LogP contribution < -0.4 is 10.1 Å². The van der Waals surface area contributed by atoms with Gasteiger partial charge in [0, 0.05) is 37.2 Å². The molecule has 178 valence electrons. The molecule has 1 saturated carbocycles. The normalized spacial score (nSPS) is 20.1. The number of benzene rings is 1. The number of nitrogens with zero attached hydrogens (tertiary/aromatic N) is 4. The molecule has 0 unspecified atom stereocenters. The van der Waals surface area contributed by atoms with Crippen LogP contribution in [0.2, 0.25) is 0 Å². The summed E-state index contributed by atoms with van der Waals surface area (Å²) in [6.07, 6.45) is 8.35. The van der Waals surface area contributed by atoms with Crippen molar-refractivity contribution in [3.63, 3.8) is 0 Å². The van der Waals surface area contributed by atoms with Gasteiger partial charge in [0.2, 0.25) is 0 Å². The van der Waals surface area contributed by atoms with Crippen LogP contribution in [0.4, 0.5) is 5.69 Å². The fourth-order valence-electron chi connectivity index (χ4n) is 4.92. The van der Waals surface area contributed by atoms with E-state index in [4.69, 9.17) is 4.74 Å². The number of aliphatic hydroxyl groups excluding tert-OH is 1. The maximum Gasteiger partial charge on any atom is 0.261 e. The van der Waals surface area contributed by atoms with Crippen LogP contribution in [0.3, 0.4) is 0 Å². The zero-order valence-corrected chi connectivity index (χ0v) is 19.4. The maximum absolute atomic E-state index is 13.3. The molecule has 0 radical (unpaired) electrons. The van der Waals surface area contributed by atoms with E-state index < -0.39 is 0 Å².